The van der Waals surface area contributed by atoms with Crippen molar-refractivity contribution < 1.29 is 17.9 Å². The standard InChI is InChI=1S/C21H24N2O4S/c1-14-6-3-9-17(27-2)19(14)21(11-12-21)20(24)23-28(25,26)18-10-4-8-16-15(18)7-5-13-22-16/h3-4,6,8-10,22H,5,7,11-13H2,1-2H3,(H,23,24). The van der Waals surface area contributed by atoms with E-state index in [2.05, 4.69) is 10.0 Å². The van der Waals surface area contributed by atoms with E-state index < -0.39 is 21.3 Å². The molecule has 1 saturated carbocycles. The summed E-state index contributed by atoms with van der Waals surface area (Å²) in [6.07, 6.45) is 2.73. The van der Waals surface area contributed by atoms with E-state index in [4.69, 9.17) is 4.74 Å². The van der Waals surface area contributed by atoms with Gasteiger partial charge in [0, 0.05) is 17.8 Å². The third-order valence-electron chi connectivity index (χ3n) is 5.69. The Bertz CT molecular complexity index is 1040. The first-order valence-corrected chi connectivity index (χ1v) is 10.9. The van der Waals surface area contributed by atoms with Crippen LogP contribution in [0.3, 0.4) is 0 Å². The highest BCUT2D eigenvalue weighted by molar-refractivity contribution is 7.90. The lowest BCUT2D eigenvalue weighted by Crippen LogP contribution is -2.39. The van der Waals surface area contributed by atoms with Crippen LogP contribution in [-0.2, 0) is 26.7 Å². The van der Waals surface area contributed by atoms with Crippen molar-refractivity contribution in [3.05, 3.63) is 53.1 Å². The van der Waals surface area contributed by atoms with Crippen LogP contribution < -0.4 is 14.8 Å². The molecular weight excluding hydrogens is 376 g/mol. The molecule has 2 N–H and O–H groups in total. The first-order chi connectivity index (χ1) is 13.4. The number of aryl methyl sites for hydroxylation is 1. The fourth-order valence-electron chi connectivity index (χ4n) is 4.14. The van der Waals surface area contributed by atoms with Gasteiger partial charge in [-0.1, -0.05) is 18.2 Å². The third kappa shape index (κ3) is 3.03. The number of hydrogen-bond donors (Lipinski definition) is 2. The highest BCUT2D eigenvalue weighted by Gasteiger charge is 2.54. The van der Waals surface area contributed by atoms with E-state index in [0.717, 1.165) is 35.3 Å². The molecule has 1 aliphatic carbocycles. The van der Waals surface area contributed by atoms with Gasteiger partial charge in [-0.15, -0.1) is 0 Å². The smallest absolute Gasteiger partial charge is 0.264 e. The van der Waals surface area contributed by atoms with Crippen molar-refractivity contribution in [3.8, 4) is 5.75 Å². The number of ether oxygens (including phenoxy) is 1. The van der Waals surface area contributed by atoms with Gasteiger partial charge < -0.3 is 10.1 Å². The van der Waals surface area contributed by atoms with Crippen molar-refractivity contribution in [3.63, 3.8) is 0 Å². The fraction of sp³-hybridized carbons (Fsp3) is 0.381. The number of nitrogens with one attached hydrogen (secondary N) is 2. The lowest BCUT2D eigenvalue weighted by atomic mass is 9.90. The minimum atomic E-state index is -3.96. The average Bonchev–Trinajstić information content (AvgIpc) is 3.48. The Hall–Kier alpha value is -2.54. The van der Waals surface area contributed by atoms with E-state index in [9.17, 15) is 13.2 Å². The summed E-state index contributed by atoms with van der Waals surface area (Å²) >= 11 is 0. The van der Waals surface area contributed by atoms with Crippen molar-refractivity contribution in [1.29, 1.82) is 0 Å². The molecule has 2 aromatic rings. The van der Waals surface area contributed by atoms with E-state index in [0.29, 0.717) is 25.0 Å². The minimum Gasteiger partial charge on any atom is -0.496 e. The van der Waals surface area contributed by atoms with Gasteiger partial charge in [0.15, 0.2) is 0 Å². The summed E-state index contributed by atoms with van der Waals surface area (Å²) in [4.78, 5) is 13.3. The molecule has 6 nitrogen and oxygen atoms in total. The Balaban J connectivity index is 1.68. The quantitative estimate of drug-likeness (QED) is 0.806. The SMILES string of the molecule is COc1cccc(C)c1C1(C(=O)NS(=O)(=O)c2cccc3c2CCCN3)CC1. The number of hydrogen-bond acceptors (Lipinski definition) is 5. The lowest BCUT2D eigenvalue weighted by Gasteiger charge is -2.23. The van der Waals surface area contributed by atoms with Crippen LogP contribution in [0.4, 0.5) is 5.69 Å². The maximum absolute atomic E-state index is 13.1. The zero-order valence-corrected chi connectivity index (χ0v) is 16.9. The largest absolute Gasteiger partial charge is 0.496 e. The molecule has 1 fully saturated rings. The van der Waals surface area contributed by atoms with Crippen molar-refractivity contribution >= 4 is 21.6 Å². The zero-order valence-electron chi connectivity index (χ0n) is 16.0. The highest BCUT2D eigenvalue weighted by Crippen LogP contribution is 2.53. The predicted octanol–water partition coefficient (Wildman–Crippen LogP) is 2.90. The highest BCUT2D eigenvalue weighted by atomic mass is 32.2. The fourth-order valence-corrected chi connectivity index (χ4v) is 5.49. The number of rotatable bonds is 5. The van der Waals surface area contributed by atoms with Crippen molar-refractivity contribution in [2.45, 2.75) is 42.9 Å². The van der Waals surface area contributed by atoms with Crippen LogP contribution in [0.25, 0.3) is 0 Å². The molecule has 2 aromatic carbocycles. The van der Waals surface area contributed by atoms with Crippen molar-refractivity contribution in [2.24, 2.45) is 0 Å². The number of carbonyl (C=O) groups is 1. The van der Waals surface area contributed by atoms with Gasteiger partial charge in [0.05, 0.1) is 17.4 Å². The molecule has 28 heavy (non-hydrogen) atoms. The molecule has 0 aromatic heterocycles. The van der Waals surface area contributed by atoms with Crippen molar-refractivity contribution in [1.82, 2.24) is 4.72 Å². The second kappa shape index (κ2) is 6.81. The number of sulfonamides is 1. The second-order valence-electron chi connectivity index (χ2n) is 7.48. The lowest BCUT2D eigenvalue weighted by molar-refractivity contribution is -0.121. The summed E-state index contributed by atoms with van der Waals surface area (Å²) < 4.78 is 33.9. The summed E-state index contributed by atoms with van der Waals surface area (Å²) in [6.45, 7) is 2.73. The van der Waals surface area contributed by atoms with E-state index in [1.165, 1.54) is 0 Å². The predicted molar refractivity (Wildman–Crippen MR) is 107 cm³/mol. The van der Waals surface area contributed by atoms with Gasteiger partial charge in [-0.25, -0.2) is 13.1 Å². The number of fused-ring (bicyclic) bond motifs is 1. The molecule has 7 heteroatoms. The molecule has 0 radical (unpaired) electrons. The van der Waals surface area contributed by atoms with Crippen LogP contribution in [-0.4, -0.2) is 28.0 Å². The number of amides is 1. The van der Waals surface area contributed by atoms with Crippen LogP contribution in [0.5, 0.6) is 5.75 Å². The zero-order chi connectivity index (χ0) is 19.9. The molecular formula is C21H24N2O4S. The summed E-state index contributed by atoms with van der Waals surface area (Å²) in [5, 5.41) is 3.23. The van der Waals surface area contributed by atoms with Gasteiger partial charge in [0.1, 0.15) is 5.75 Å². The summed E-state index contributed by atoms with van der Waals surface area (Å²) in [5.74, 6) is 0.132. The minimum absolute atomic E-state index is 0.179. The first kappa shape index (κ1) is 18.8. The first-order valence-electron chi connectivity index (χ1n) is 9.46. The van der Waals surface area contributed by atoms with Gasteiger partial charge >= 0.3 is 0 Å². The Morgan fingerprint density at radius 1 is 1.18 bits per heavy atom. The van der Waals surface area contributed by atoms with Gasteiger partial charge in [-0.2, -0.15) is 0 Å². The van der Waals surface area contributed by atoms with E-state index in [-0.39, 0.29) is 4.90 Å². The van der Waals surface area contributed by atoms with Gasteiger partial charge in [0.25, 0.3) is 10.0 Å². The third-order valence-corrected chi connectivity index (χ3v) is 7.10. The van der Waals surface area contributed by atoms with Crippen LogP contribution >= 0.6 is 0 Å². The molecule has 0 unspecified atom stereocenters. The van der Waals surface area contributed by atoms with Gasteiger partial charge in [0.2, 0.25) is 5.91 Å². The van der Waals surface area contributed by atoms with Gasteiger partial charge in [-0.05, 0) is 61.9 Å². The Kier molecular flexibility index (Phi) is 4.57. The average molecular weight is 401 g/mol. The number of anilines is 1. The summed E-state index contributed by atoms with van der Waals surface area (Å²) in [7, 11) is -2.40. The molecule has 1 heterocycles. The molecule has 0 atom stereocenters. The summed E-state index contributed by atoms with van der Waals surface area (Å²) in [5.41, 5.74) is 2.42. The molecule has 0 bridgehead atoms. The Labute approximate surface area is 165 Å². The molecule has 1 aliphatic heterocycles. The molecule has 2 aliphatic rings. The Morgan fingerprint density at radius 2 is 1.93 bits per heavy atom. The van der Waals surface area contributed by atoms with E-state index in [1.807, 2.05) is 31.2 Å². The molecule has 148 valence electrons. The van der Waals surface area contributed by atoms with Crippen LogP contribution in [0.2, 0.25) is 0 Å². The maximum Gasteiger partial charge on any atom is 0.264 e. The van der Waals surface area contributed by atoms with Crippen molar-refractivity contribution in [2.75, 3.05) is 19.0 Å². The molecule has 0 saturated heterocycles. The topological polar surface area (TPSA) is 84.5 Å². The summed E-state index contributed by atoms with van der Waals surface area (Å²) in [6, 6.07) is 10.7. The number of carbonyl (C=O) groups excluding carboxylic acids is 1. The maximum atomic E-state index is 13.1. The monoisotopic (exact) mass is 400 g/mol. The van der Waals surface area contributed by atoms with E-state index in [1.54, 1.807) is 19.2 Å². The normalized spacial score (nSPS) is 17.2. The second-order valence-corrected chi connectivity index (χ2v) is 9.13. The van der Waals surface area contributed by atoms with Gasteiger partial charge in [-0.3, -0.25) is 4.79 Å². The number of methoxy groups -OCH3 is 1. The van der Waals surface area contributed by atoms with Crippen LogP contribution in [0, 0.1) is 6.92 Å². The molecule has 1 amide bonds. The number of benzene rings is 2. The van der Waals surface area contributed by atoms with Crippen LogP contribution in [0.1, 0.15) is 36.0 Å². The van der Waals surface area contributed by atoms with E-state index >= 15 is 0 Å². The molecule has 0 spiro atoms. The van der Waals surface area contributed by atoms with Crippen LogP contribution in [0.15, 0.2) is 41.3 Å². The Morgan fingerprint density at radius 3 is 2.64 bits per heavy atom. The molecule has 4 rings (SSSR count).